The molecule has 0 unspecified atom stereocenters. The molecular weight excluding hydrogens is 368 g/mol. The van der Waals surface area contributed by atoms with Crippen LogP contribution in [0.25, 0.3) is 0 Å². The number of piperidine rings is 1. The lowest BCUT2D eigenvalue weighted by molar-refractivity contribution is 0.227. The van der Waals surface area contributed by atoms with Crippen LogP contribution in [0.1, 0.15) is 29.0 Å². The van der Waals surface area contributed by atoms with Crippen molar-refractivity contribution in [3.05, 3.63) is 47.0 Å². The second-order valence-corrected chi connectivity index (χ2v) is 7.60. The number of likely N-dealkylation sites (tertiary alicyclic amines) is 1. The molecule has 154 valence electrons. The number of hydrogen-bond donors (Lipinski definition) is 0. The molecule has 0 bridgehead atoms. The van der Waals surface area contributed by atoms with Gasteiger partial charge in [0.1, 0.15) is 11.5 Å². The standard InChI is InChI=1S/C23H28N2O4/c1-25-7-6-20-19(13-25)17-11-21(28-4)22(29-5)12-18(17)23(24-20)14-8-15(26-2)10-16(9-14)27-3/h8-12,19-20H,6-7,13H2,1-5H3/t19-,20-/m1/s1. The molecule has 0 saturated carbocycles. The molecule has 1 fully saturated rings. The van der Waals surface area contributed by atoms with Crippen LogP contribution in [0.3, 0.4) is 0 Å². The second kappa shape index (κ2) is 7.95. The molecular formula is C23H28N2O4. The van der Waals surface area contributed by atoms with E-state index in [9.17, 15) is 0 Å². The van der Waals surface area contributed by atoms with Crippen LogP contribution < -0.4 is 18.9 Å². The summed E-state index contributed by atoms with van der Waals surface area (Å²) in [6.45, 7) is 2.02. The van der Waals surface area contributed by atoms with Crippen molar-refractivity contribution in [2.75, 3.05) is 48.6 Å². The molecule has 2 heterocycles. The van der Waals surface area contributed by atoms with Crippen molar-refractivity contribution in [2.45, 2.75) is 18.4 Å². The zero-order chi connectivity index (χ0) is 20.5. The fourth-order valence-electron chi connectivity index (χ4n) is 4.38. The highest BCUT2D eigenvalue weighted by molar-refractivity contribution is 6.15. The molecule has 2 aliphatic rings. The first-order chi connectivity index (χ1) is 14.1. The quantitative estimate of drug-likeness (QED) is 0.776. The van der Waals surface area contributed by atoms with Crippen molar-refractivity contribution >= 4 is 5.71 Å². The van der Waals surface area contributed by atoms with Gasteiger partial charge in [-0.05, 0) is 49.8 Å². The highest BCUT2D eigenvalue weighted by atomic mass is 16.5. The van der Waals surface area contributed by atoms with Crippen LogP contribution in [-0.2, 0) is 0 Å². The lowest BCUT2D eigenvalue weighted by Crippen LogP contribution is -2.41. The van der Waals surface area contributed by atoms with Gasteiger partial charge < -0.3 is 23.8 Å². The summed E-state index contributed by atoms with van der Waals surface area (Å²) in [6.07, 6.45) is 1.03. The molecule has 4 rings (SSSR count). The van der Waals surface area contributed by atoms with Crippen molar-refractivity contribution in [3.63, 3.8) is 0 Å². The van der Waals surface area contributed by atoms with Gasteiger partial charge in [0.05, 0.1) is 40.2 Å². The Hall–Kier alpha value is -2.73. The summed E-state index contributed by atoms with van der Waals surface area (Å²) in [4.78, 5) is 7.59. The highest BCUT2D eigenvalue weighted by Crippen LogP contribution is 2.42. The zero-order valence-corrected chi connectivity index (χ0v) is 17.7. The molecule has 0 N–H and O–H groups in total. The molecule has 1 saturated heterocycles. The molecule has 6 heteroatoms. The van der Waals surface area contributed by atoms with Gasteiger partial charge in [-0.25, -0.2) is 0 Å². The lowest BCUT2D eigenvalue weighted by atomic mass is 9.79. The van der Waals surface area contributed by atoms with Gasteiger partial charge in [0.2, 0.25) is 0 Å². The average Bonchev–Trinajstić information content (AvgIpc) is 2.77. The van der Waals surface area contributed by atoms with Crippen LogP contribution in [0.2, 0.25) is 0 Å². The number of likely N-dealkylation sites (N-methyl/N-ethyl adjacent to an activating group) is 1. The van der Waals surface area contributed by atoms with Gasteiger partial charge in [0, 0.05) is 29.7 Å². The maximum atomic E-state index is 5.60. The third-order valence-electron chi connectivity index (χ3n) is 5.91. The molecule has 0 radical (unpaired) electrons. The number of methoxy groups -OCH3 is 4. The molecule has 0 spiro atoms. The Morgan fingerprint density at radius 3 is 2.14 bits per heavy atom. The second-order valence-electron chi connectivity index (χ2n) is 7.60. The van der Waals surface area contributed by atoms with E-state index in [2.05, 4.69) is 18.0 Å². The molecule has 2 aliphatic heterocycles. The van der Waals surface area contributed by atoms with E-state index in [4.69, 9.17) is 23.9 Å². The van der Waals surface area contributed by atoms with Gasteiger partial charge in [-0.15, -0.1) is 0 Å². The van der Waals surface area contributed by atoms with Crippen LogP contribution in [0.15, 0.2) is 35.3 Å². The van der Waals surface area contributed by atoms with Crippen molar-refractivity contribution in [1.29, 1.82) is 0 Å². The molecule has 2 aromatic rings. The van der Waals surface area contributed by atoms with Crippen LogP contribution in [0.5, 0.6) is 23.0 Å². The highest BCUT2D eigenvalue weighted by Gasteiger charge is 2.36. The first-order valence-corrected chi connectivity index (χ1v) is 9.84. The number of fused-ring (bicyclic) bond motifs is 3. The average molecular weight is 396 g/mol. The molecule has 6 nitrogen and oxygen atoms in total. The summed E-state index contributed by atoms with van der Waals surface area (Å²) in [5.41, 5.74) is 4.26. The van der Waals surface area contributed by atoms with Gasteiger partial charge in [-0.3, -0.25) is 4.99 Å². The van der Waals surface area contributed by atoms with E-state index in [-0.39, 0.29) is 6.04 Å². The van der Waals surface area contributed by atoms with Crippen molar-refractivity contribution in [3.8, 4) is 23.0 Å². The molecule has 2 aromatic carbocycles. The number of hydrogen-bond acceptors (Lipinski definition) is 6. The van der Waals surface area contributed by atoms with Gasteiger partial charge in [-0.1, -0.05) is 0 Å². The number of rotatable bonds is 5. The molecule has 29 heavy (non-hydrogen) atoms. The van der Waals surface area contributed by atoms with Crippen LogP contribution in [0, 0.1) is 0 Å². The predicted octanol–water partition coefficient (Wildman–Crippen LogP) is 3.36. The topological polar surface area (TPSA) is 52.5 Å². The Morgan fingerprint density at radius 2 is 1.52 bits per heavy atom. The molecule has 0 aliphatic carbocycles. The third-order valence-corrected chi connectivity index (χ3v) is 5.91. The molecule has 0 aromatic heterocycles. The summed E-state index contributed by atoms with van der Waals surface area (Å²) in [6, 6.07) is 10.3. The summed E-state index contributed by atoms with van der Waals surface area (Å²) >= 11 is 0. The van der Waals surface area contributed by atoms with Crippen molar-refractivity contribution < 1.29 is 18.9 Å². The van der Waals surface area contributed by atoms with Crippen LogP contribution in [0.4, 0.5) is 0 Å². The van der Waals surface area contributed by atoms with Gasteiger partial charge in [0.15, 0.2) is 11.5 Å². The fourth-order valence-corrected chi connectivity index (χ4v) is 4.38. The number of ether oxygens (including phenoxy) is 4. The summed E-state index contributed by atoms with van der Waals surface area (Å²) in [5, 5.41) is 0. The van der Waals surface area contributed by atoms with E-state index in [0.29, 0.717) is 11.7 Å². The van der Waals surface area contributed by atoms with Gasteiger partial charge >= 0.3 is 0 Å². The smallest absolute Gasteiger partial charge is 0.161 e. The lowest BCUT2D eigenvalue weighted by Gasteiger charge is -2.39. The summed E-state index contributed by atoms with van der Waals surface area (Å²) in [7, 11) is 8.84. The van der Waals surface area contributed by atoms with Gasteiger partial charge in [-0.2, -0.15) is 0 Å². The third kappa shape index (κ3) is 3.53. The van der Waals surface area contributed by atoms with E-state index in [1.165, 1.54) is 5.56 Å². The number of benzene rings is 2. The Kier molecular flexibility index (Phi) is 5.37. The summed E-state index contributed by atoms with van der Waals surface area (Å²) in [5.74, 6) is 3.28. The number of aliphatic imine (C=N–C) groups is 1. The first-order valence-electron chi connectivity index (χ1n) is 9.84. The fraction of sp³-hybridized carbons (Fsp3) is 0.435. The Bertz CT molecular complexity index is 918. The minimum Gasteiger partial charge on any atom is -0.497 e. The zero-order valence-electron chi connectivity index (χ0n) is 17.7. The Balaban J connectivity index is 1.91. The molecule has 0 amide bonds. The SMILES string of the molecule is COc1cc(OC)cc(C2=N[C@@H]3CCN(C)C[C@@H]3c3cc(OC)c(OC)cc32)c1. The van der Waals surface area contributed by atoms with E-state index in [0.717, 1.165) is 53.6 Å². The van der Waals surface area contributed by atoms with Crippen LogP contribution in [-0.4, -0.2) is 65.2 Å². The maximum absolute atomic E-state index is 5.60. The predicted molar refractivity (Wildman–Crippen MR) is 113 cm³/mol. The first kappa shape index (κ1) is 19.6. The monoisotopic (exact) mass is 396 g/mol. The Labute approximate surface area is 172 Å². The normalized spacial score (nSPS) is 20.9. The largest absolute Gasteiger partial charge is 0.497 e. The number of nitrogens with zero attached hydrogens (tertiary/aromatic N) is 2. The minimum atomic E-state index is 0.240. The van der Waals surface area contributed by atoms with Crippen molar-refractivity contribution in [2.24, 2.45) is 4.99 Å². The van der Waals surface area contributed by atoms with Crippen LogP contribution >= 0.6 is 0 Å². The minimum absolute atomic E-state index is 0.240. The van der Waals surface area contributed by atoms with Crippen molar-refractivity contribution in [1.82, 2.24) is 4.90 Å². The van der Waals surface area contributed by atoms with Gasteiger partial charge in [0.25, 0.3) is 0 Å². The Morgan fingerprint density at radius 1 is 0.862 bits per heavy atom. The molecule has 2 atom stereocenters. The summed E-state index contributed by atoms with van der Waals surface area (Å²) < 4.78 is 22.2. The van der Waals surface area contributed by atoms with E-state index < -0.39 is 0 Å². The maximum Gasteiger partial charge on any atom is 0.161 e. The van der Waals surface area contributed by atoms with E-state index >= 15 is 0 Å². The van der Waals surface area contributed by atoms with E-state index in [1.54, 1.807) is 28.4 Å². The van der Waals surface area contributed by atoms with E-state index in [1.807, 2.05) is 24.3 Å².